The summed E-state index contributed by atoms with van der Waals surface area (Å²) in [4.78, 5) is 13.5. The maximum Gasteiger partial charge on any atom is 0.283 e. The zero-order chi connectivity index (χ0) is 15.4. The minimum atomic E-state index is -0.287. The average Bonchev–Trinajstić information content (AvgIpc) is 2.87. The van der Waals surface area contributed by atoms with Crippen LogP contribution in [0.1, 0.15) is 29.9 Å². The molecule has 0 spiro atoms. The van der Waals surface area contributed by atoms with Crippen LogP contribution in [0.3, 0.4) is 0 Å². The van der Waals surface area contributed by atoms with E-state index >= 15 is 0 Å². The summed E-state index contributed by atoms with van der Waals surface area (Å²) in [5.74, 6) is -0.287. The molecule has 0 saturated heterocycles. The Hall–Kier alpha value is -1.85. The summed E-state index contributed by atoms with van der Waals surface area (Å²) >= 11 is 7.21. The molecule has 0 aliphatic rings. The van der Waals surface area contributed by atoms with Gasteiger partial charge in [-0.1, -0.05) is 30.7 Å². The van der Waals surface area contributed by atoms with Crippen molar-refractivity contribution in [2.24, 2.45) is 5.10 Å². The first-order chi connectivity index (χ1) is 10.0. The van der Waals surface area contributed by atoms with E-state index in [1.807, 2.05) is 26.0 Å². The van der Waals surface area contributed by atoms with Gasteiger partial charge in [-0.05, 0) is 37.1 Å². The Balaban J connectivity index is 2.23. The Morgan fingerprint density at radius 3 is 2.67 bits per heavy atom. The molecule has 0 atom stereocenters. The number of benzene rings is 1. The minimum absolute atomic E-state index is 0.287. The first-order valence-corrected chi connectivity index (χ1v) is 7.69. The molecule has 2 rings (SSSR count). The van der Waals surface area contributed by atoms with Gasteiger partial charge in [0.2, 0.25) is 0 Å². The van der Waals surface area contributed by atoms with Crippen LogP contribution in [0, 0.1) is 0 Å². The van der Waals surface area contributed by atoms with Crippen LogP contribution in [-0.4, -0.2) is 11.6 Å². The normalized spacial score (nSPS) is 11.5. The fraction of sp³-hybridized carbons (Fsp3) is 0.200. The van der Waals surface area contributed by atoms with Gasteiger partial charge >= 0.3 is 0 Å². The van der Waals surface area contributed by atoms with Gasteiger partial charge in [-0.3, -0.25) is 4.79 Å². The standard InChI is InChI=1S/C15H16ClN3OS/c1-3-9(2)18-19-15(20)14-12(17)8-13(21-14)10-4-6-11(16)7-5-10/h4-8H,3,17H2,1-2H3,(H,19,20)/b18-9-. The fourth-order valence-electron chi connectivity index (χ4n) is 1.62. The molecule has 0 radical (unpaired) electrons. The number of nitrogens with zero attached hydrogens (tertiary/aromatic N) is 1. The quantitative estimate of drug-likeness (QED) is 0.655. The highest BCUT2D eigenvalue weighted by atomic mass is 35.5. The molecule has 0 aliphatic heterocycles. The van der Waals surface area contributed by atoms with E-state index in [4.69, 9.17) is 17.3 Å². The van der Waals surface area contributed by atoms with Gasteiger partial charge in [-0.25, -0.2) is 5.43 Å². The minimum Gasteiger partial charge on any atom is -0.397 e. The predicted molar refractivity (Wildman–Crippen MR) is 90.0 cm³/mol. The van der Waals surface area contributed by atoms with Crippen molar-refractivity contribution >= 4 is 40.2 Å². The third-order valence-corrected chi connectivity index (χ3v) is 4.41. The van der Waals surface area contributed by atoms with E-state index in [1.165, 1.54) is 11.3 Å². The topological polar surface area (TPSA) is 67.5 Å². The lowest BCUT2D eigenvalue weighted by Crippen LogP contribution is -2.18. The molecule has 6 heteroatoms. The Bertz CT molecular complexity index is 677. The number of carbonyl (C=O) groups excluding carboxylic acids is 1. The summed E-state index contributed by atoms with van der Waals surface area (Å²) < 4.78 is 0. The zero-order valence-electron chi connectivity index (χ0n) is 11.8. The molecule has 21 heavy (non-hydrogen) atoms. The van der Waals surface area contributed by atoms with Crippen LogP contribution in [0.25, 0.3) is 10.4 Å². The van der Waals surface area contributed by atoms with Crippen molar-refractivity contribution in [3.63, 3.8) is 0 Å². The highest BCUT2D eigenvalue weighted by Crippen LogP contribution is 2.33. The van der Waals surface area contributed by atoms with E-state index in [1.54, 1.807) is 18.2 Å². The largest absolute Gasteiger partial charge is 0.397 e. The molecule has 1 aromatic carbocycles. The van der Waals surface area contributed by atoms with Crippen LogP contribution in [0.4, 0.5) is 5.69 Å². The van der Waals surface area contributed by atoms with Crippen molar-refractivity contribution in [2.75, 3.05) is 5.73 Å². The highest BCUT2D eigenvalue weighted by Gasteiger charge is 2.15. The van der Waals surface area contributed by atoms with Crippen molar-refractivity contribution in [3.8, 4) is 10.4 Å². The summed E-state index contributed by atoms with van der Waals surface area (Å²) in [6.07, 6.45) is 0.788. The summed E-state index contributed by atoms with van der Waals surface area (Å²) in [6.45, 7) is 3.83. The number of anilines is 1. The van der Waals surface area contributed by atoms with Crippen molar-refractivity contribution < 1.29 is 4.79 Å². The lowest BCUT2D eigenvalue weighted by molar-refractivity contribution is 0.0959. The smallest absolute Gasteiger partial charge is 0.283 e. The Morgan fingerprint density at radius 2 is 2.05 bits per heavy atom. The summed E-state index contributed by atoms with van der Waals surface area (Å²) in [5, 5.41) is 4.68. The molecular formula is C15H16ClN3OS. The van der Waals surface area contributed by atoms with Gasteiger partial charge in [0.15, 0.2) is 0 Å². The number of nitrogens with one attached hydrogen (secondary N) is 1. The van der Waals surface area contributed by atoms with Gasteiger partial charge in [0.05, 0.1) is 5.69 Å². The second-order valence-corrected chi connectivity index (χ2v) is 6.03. The number of nitrogens with two attached hydrogens (primary N) is 1. The Morgan fingerprint density at radius 1 is 1.38 bits per heavy atom. The Labute approximate surface area is 132 Å². The van der Waals surface area contributed by atoms with Gasteiger partial charge in [-0.2, -0.15) is 5.10 Å². The first-order valence-electron chi connectivity index (χ1n) is 6.50. The monoisotopic (exact) mass is 321 g/mol. The molecule has 0 unspecified atom stereocenters. The average molecular weight is 322 g/mol. The molecule has 1 amide bonds. The summed E-state index contributed by atoms with van der Waals surface area (Å²) in [5.41, 5.74) is 10.7. The van der Waals surface area contributed by atoms with Gasteiger partial charge < -0.3 is 5.73 Å². The van der Waals surface area contributed by atoms with E-state index in [0.717, 1.165) is 22.6 Å². The predicted octanol–water partition coefficient (Wildman–Crippen LogP) is 4.17. The number of thiophene rings is 1. The molecule has 2 aromatic rings. The van der Waals surface area contributed by atoms with Gasteiger partial charge in [0, 0.05) is 15.6 Å². The van der Waals surface area contributed by atoms with Gasteiger partial charge in [-0.15, -0.1) is 11.3 Å². The number of hydrazone groups is 1. The molecule has 1 heterocycles. The van der Waals surface area contributed by atoms with Crippen molar-refractivity contribution in [3.05, 3.63) is 40.2 Å². The Kier molecular flexibility index (Phi) is 4.98. The molecule has 0 saturated carbocycles. The molecule has 0 fully saturated rings. The van der Waals surface area contributed by atoms with E-state index in [2.05, 4.69) is 10.5 Å². The number of halogens is 1. The maximum absolute atomic E-state index is 12.1. The summed E-state index contributed by atoms with van der Waals surface area (Å²) in [6, 6.07) is 9.20. The second kappa shape index (κ2) is 6.74. The van der Waals surface area contributed by atoms with E-state index in [-0.39, 0.29) is 5.91 Å². The highest BCUT2D eigenvalue weighted by molar-refractivity contribution is 7.18. The molecule has 4 nitrogen and oxygen atoms in total. The van der Waals surface area contributed by atoms with Gasteiger partial charge in [0.25, 0.3) is 5.91 Å². The van der Waals surface area contributed by atoms with Crippen LogP contribution in [0.2, 0.25) is 5.02 Å². The number of rotatable bonds is 4. The van der Waals surface area contributed by atoms with E-state index in [9.17, 15) is 4.79 Å². The molecule has 1 aromatic heterocycles. The zero-order valence-corrected chi connectivity index (χ0v) is 13.4. The maximum atomic E-state index is 12.1. The second-order valence-electron chi connectivity index (χ2n) is 4.54. The number of carbonyl (C=O) groups is 1. The van der Waals surface area contributed by atoms with E-state index in [0.29, 0.717) is 15.6 Å². The first kappa shape index (κ1) is 15.5. The van der Waals surface area contributed by atoms with Crippen LogP contribution in [0.5, 0.6) is 0 Å². The molecular weight excluding hydrogens is 306 g/mol. The van der Waals surface area contributed by atoms with Crippen LogP contribution in [0.15, 0.2) is 35.4 Å². The van der Waals surface area contributed by atoms with Crippen LogP contribution >= 0.6 is 22.9 Å². The van der Waals surface area contributed by atoms with Crippen molar-refractivity contribution in [1.29, 1.82) is 0 Å². The lowest BCUT2D eigenvalue weighted by Gasteiger charge is -1.99. The third-order valence-electron chi connectivity index (χ3n) is 2.96. The van der Waals surface area contributed by atoms with E-state index < -0.39 is 0 Å². The van der Waals surface area contributed by atoms with Gasteiger partial charge in [0.1, 0.15) is 4.88 Å². The number of hydrogen-bond donors (Lipinski definition) is 2. The third kappa shape index (κ3) is 3.83. The fourth-order valence-corrected chi connectivity index (χ4v) is 2.72. The molecule has 0 aliphatic carbocycles. The molecule has 3 N–H and O–H groups in total. The van der Waals surface area contributed by atoms with Crippen LogP contribution < -0.4 is 11.2 Å². The SMILES string of the molecule is CC/C(C)=N\NC(=O)c1sc(-c2ccc(Cl)cc2)cc1N. The summed E-state index contributed by atoms with van der Waals surface area (Å²) in [7, 11) is 0. The van der Waals surface area contributed by atoms with Crippen molar-refractivity contribution in [2.45, 2.75) is 20.3 Å². The molecule has 0 bridgehead atoms. The number of amides is 1. The van der Waals surface area contributed by atoms with Crippen LogP contribution in [-0.2, 0) is 0 Å². The molecule has 110 valence electrons. The van der Waals surface area contributed by atoms with Crippen molar-refractivity contribution in [1.82, 2.24) is 5.43 Å². The lowest BCUT2D eigenvalue weighted by atomic mass is 10.2. The number of hydrogen-bond acceptors (Lipinski definition) is 4. The number of nitrogen functional groups attached to an aromatic ring is 1.